The van der Waals surface area contributed by atoms with E-state index in [1.807, 2.05) is 24.3 Å². The molecule has 0 aliphatic rings. The molecule has 0 saturated carbocycles. The van der Waals surface area contributed by atoms with Crippen LogP contribution >= 0.6 is 11.6 Å². The van der Waals surface area contributed by atoms with E-state index >= 15 is 0 Å². The number of methoxy groups -OCH3 is 1. The summed E-state index contributed by atoms with van der Waals surface area (Å²) in [5.74, 6) is -0.454. The van der Waals surface area contributed by atoms with E-state index in [0.29, 0.717) is 0 Å². The summed E-state index contributed by atoms with van der Waals surface area (Å²) in [4.78, 5) is 12.1. The van der Waals surface area contributed by atoms with Gasteiger partial charge in [-0.15, -0.1) is 0 Å². The van der Waals surface area contributed by atoms with Gasteiger partial charge in [-0.2, -0.15) is 0 Å². The molecule has 0 amide bonds. The largest absolute Gasteiger partial charge is 0.496 e. The summed E-state index contributed by atoms with van der Waals surface area (Å²) in [5, 5.41) is 1.78. The second-order valence-corrected chi connectivity index (χ2v) is 7.96. The van der Waals surface area contributed by atoms with Crippen LogP contribution in [-0.4, -0.2) is 28.1 Å². The van der Waals surface area contributed by atoms with Gasteiger partial charge in [0.1, 0.15) is 11.3 Å². The number of sulfonamides is 1. The van der Waals surface area contributed by atoms with Crippen LogP contribution in [0.1, 0.15) is 17.3 Å². The Morgan fingerprint density at radius 2 is 1.79 bits per heavy atom. The molecule has 0 radical (unpaired) electrons. The fraction of sp³-hybridized carbons (Fsp3) is 0.150. The molecule has 0 atom stereocenters. The zero-order valence-corrected chi connectivity index (χ0v) is 16.8. The number of anilines is 1. The molecular weight excluding hydrogens is 402 g/mol. The molecule has 3 aromatic carbocycles. The molecule has 0 saturated heterocycles. The first-order chi connectivity index (χ1) is 13.4. The molecule has 3 aromatic rings. The van der Waals surface area contributed by atoms with Gasteiger partial charge in [-0.05, 0) is 35.9 Å². The molecule has 8 heteroatoms. The predicted octanol–water partition coefficient (Wildman–Crippen LogP) is 4.48. The van der Waals surface area contributed by atoms with Crippen molar-refractivity contribution in [2.75, 3.05) is 18.4 Å². The molecule has 6 nitrogen and oxygen atoms in total. The lowest BCUT2D eigenvalue weighted by Gasteiger charge is -2.14. The van der Waals surface area contributed by atoms with E-state index in [4.69, 9.17) is 21.1 Å². The zero-order valence-electron chi connectivity index (χ0n) is 15.2. The van der Waals surface area contributed by atoms with Crippen molar-refractivity contribution >= 4 is 44.1 Å². The average Bonchev–Trinajstić information content (AvgIpc) is 2.68. The molecule has 1 N–H and O–H groups in total. The molecule has 0 bridgehead atoms. The van der Waals surface area contributed by atoms with Crippen molar-refractivity contribution in [3.63, 3.8) is 0 Å². The third-order valence-corrected chi connectivity index (χ3v) is 5.74. The van der Waals surface area contributed by atoms with E-state index in [2.05, 4.69) is 4.72 Å². The van der Waals surface area contributed by atoms with Crippen LogP contribution < -0.4 is 9.46 Å². The topological polar surface area (TPSA) is 81.7 Å². The highest BCUT2D eigenvalue weighted by Crippen LogP contribution is 2.33. The van der Waals surface area contributed by atoms with Crippen LogP contribution in [0.25, 0.3) is 10.8 Å². The van der Waals surface area contributed by atoms with Crippen molar-refractivity contribution in [3.05, 3.63) is 65.2 Å². The van der Waals surface area contributed by atoms with Crippen LogP contribution in [0.2, 0.25) is 5.02 Å². The minimum atomic E-state index is -3.90. The number of carbonyl (C=O) groups excluding carboxylic acids is 1. The number of carbonyl (C=O) groups is 1. The number of fused-ring (bicyclic) bond motifs is 1. The number of benzene rings is 3. The van der Waals surface area contributed by atoms with Gasteiger partial charge >= 0.3 is 5.97 Å². The third-order valence-electron chi connectivity index (χ3n) is 4.06. The quantitative estimate of drug-likeness (QED) is 0.596. The van der Waals surface area contributed by atoms with E-state index < -0.39 is 16.0 Å². The smallest absolute Gasteiger partial charge is 0.341 e. The van der Waals surface area contributed by atoms with Gasteiger partial charge in [0.15, 0.2) is 0 Å². The first-order valence-electron chi connectivity index (χ1n) is 8.42. The number of hydrogen-bond donors (Lipinski definition) is 1. The summed E-state index contributed by atoms with van der Waals surface area (Å²) in [6, 6.07) is 14.9. The lowest BCUT2D eigenvalue weighted by molar-refractivity contribution is 0.0522. The van der Waals surface area contributed by atoms with Crippen LogP contribution in [0.4, 0.5) is 5.69 Å². The minimum absolute atomic E-state index is 0.0493. The van der Waals surface area contributed by atoms with Crippen molar-refractivity contribution in [2.24, 2.45) is 0 Å². The number of halogens is 1. The summed E-state index contributed by atoms with van der Waals surface area (Å²) >= 11 is 6.20. The molecule has 0 spiro atoms. The maximum atomic E-state index is 12.8. The monoisotopic (exact) mass is 419 g/mol. The average molecular weight is 420 g/mol. The van der Waals surface area contributed by atoms with Gasteiger partial charge in [-0.25, -0.2) is 13.2 Å². The second-order valence-electron chi connectivity index (χ2n) is 5.87. The Labute approximate surface area is 168 Å². The Morgan fingerprint density at radius 3 is 2.46 bits per heavy atom. The van der Waals surface area contributed by atoms with Crippen molar-refractivity contribution in [2.45, 2.75) is 11.8 Å². The number of ether oxygens (including phenoxy) is 2. The highest BCUT2D eigenvalue weighted by Gasteiger charge is 2.21. The number of esters is 1. The standard InChI is InChI=1S/C20H18ClNO5S/c1-3-27-20(23)16-11-17(21)18(12-19(16)26-2)22-28(24,25)15-9-8-13-6-4-5-7-14(13)10-15/h4-12,22H,3H2,1-2H3. The molecule has 0 fully saturated rings. The van der Waals surface area contributed by atoms with E-state index in [0.717, 1.165) is 10.8 Å². The molecule has 3 rings (SSSR count). The van der Waals surface area contributed by atoms with E-state index in [-0.39, 0.29) is 33.5 Å². The van der Waals surface area contributed by atoms with Gasteiger partial charge in [0.25, 0.3) is 10.0 Å². The Balaban J connectivity index is 1.98. The lowest BCUT2D eigenvalue weighted by atomic mass is 10.1. The fourth-order valence-corrected chi connectivity index (χ4v) is 4.08. The molecule has 0 aliphatic heterocycles. The van der Waals surface area contributed by atoms with Crippen LogP contribution in [0.5, 0.6) is 5.75 Å². The minimum Gasteiger partial charge on any atom is -0.496 e. The molecule has 28 heavy (non-hydrogen) atoms. The van der Waals surface area contributed by atoms with Gasteiger partial charge in [-0.3, -0.25) is 4.72 Å². The summed E-state index contributed by atoms with van der Waals surface area (Å²) in [5.41, 5.74) is 0.211. The Morgan fingerprint density at radius 1 is 1.07 bits per heavy atom. The van der Waals surface area contributed by atoms with Gasteiger partial charge in [0.2, 0.25) is 0 Å². The number of rotatable bonds is 6. The SMILES string of the molecule is CCOC(=O)c1cc(Cl)c(NS(=O)(=O)c2ccc3ccccc3c2)cc1OC. The zero-order chi connectivity index (χ0) is 20.3. The summed E-state index contributed by atoms with van der Waals surface area (Å²) in [7, 11) is -2.53. The molecular formula is C20H18ClNO5S. The van der Waals surface area contributed by atoms with Crippen molar-refractivity contribution in [1.82, 2.24) is 0 Å². The highest BCUT2D eigenvalue weighted by atomic mass is 35.5. The molecule has 0 aliphatic carbocycles. The van der Waals surface area contributed by atoms with Gasteiger partial charge in [0, 0.05) is 6.07 Å². The van der Waals surface area contributed by atoms with Crippen LogP contribution in [0, 0.1) is 0 Å². The number of hydrogen-bond acceptors (Lipinski definition) is 5. The molecule has 0 unspecified atom stereocenters. The molecule has 0 aromatic heterocycles. The van der Waals surface area contributed by atoms with Gasteiger partial charge < -0.3 is 9.47 Å². The van der Waals surface area contributed by atoms with Crippen LogP contribution in [0.15, 0.2) is 59.5 Å². The summed E-state index contributed by atoms with van der Waals surface area (Å²) in [6.07, 6.45) is 0. The van der Waals surface area contributed by atoms with Crippen molar-refractivity contribution < 1.29 is 22.7 Å². The van der Waals surface area contributed by atoms with Crippen LogP contribution in [0.3, 0.4) is 0 Å². The van der Waals surface area contributed by atoms with Crippen molar-refractivity contribution in [1.29, 1.82) is 0 Å². The van der Waals surface area contributed by atoms with E-state index in [1.54, 1.807) is 19.1 Å². The molecule has 0 heterocycles. The first-order valence-corrected chi connectivity index (χ1v) is 10.3. The number of nitrogens with one attached hydrogen (secondary N) is 1. The first kappa shape index (κ1) is 20.0. The maximum Gasteiger partial charge on any atom is 0.341 e. The Hall–Kier alpha value is -2.77. The maximum absolute atomic E-state index is 12.8. The summed E-state index contributed by atoms with van der Waals surface area (Å²) in [6.45, 7) is 1.87. The normalized spacial score (nSPS) is 11.2. The fourth-order valence-electron chi connectivity index (χ4n) is 2.71. The van der Waals surface area contributed by atoms with Crippen molar-refractivity contribution in [3.8, 4) is 5.75 Å². The van der Waals surface area contributed by atoms with E-state index in [9.17, 15) is 13.2 Å². The van der Waals surface area contributed by atoms with E-state index in [1.165, 1.54) is 25.3 Å². The lowest BCUT2D eigenvalue weighted by Crippen LogP contribution is -2.14. The predicted molar refractivity (Wildman–Crippen MR) is 109 cm³/mol. The Kier molecular flexibility index (Phi) is 5.76. The Bertz CT molecular complexity index is 1140. The van der Waals surface area contributed by atoms with Gasteiger partial charge in [0.05, 0.1) is 29.3 Å². The third kappa shape index (κ3) is 4.05. The molecule has 146 valence electrons. The summed E-state index contributed by atoms with van der Waals surface area (Å²) < 4.78 is 38.2. The van der Waals surface area contributed by atoms with Gasteiger partial charge in [-0.1, -0.05) is 41.9 Å². The van der Waals surface area contributed by atoms with Crippen LogP contribution in [-0.2, 0) is 14.8 Å². The second kappa shape index (κ2) is 8.08. The highest BCUT2D eigenvalue weighted by molar-refractivity contribution is 7.92.